The van der Waals surface area contributed by atoms with E-state index in [9.17, 15) is 9.18 Å². The largest absolute Gasteiger partial charge is 0.459 e. The number of likely N-dealkylation sites (tertiary alicyclic amines) is 1. The number of benzene rings is 2. The summed E-state index contributed by atoms with van der Waals surface area (Å²) >= 11 is 0. The van der Waals surface area contributed by atoms with Crippen LogP contribution in [0.15, 0.2) is 53.5 Å². The molecule has 2 aromatic carbocycles. The highest BCUT2D eigenvalue weighted by atomic mass is 19.1. The maximum atomic E-state index is 13.7. The van der Waals surface area contributed by atoms with E-state index in [4.69, 9.17) is 14.5 Å². The van der Waals surface area contributed by atoms with Crippen molar-refractivity contribution in [2.75, 3.05) is 26.2 Å². The lowest BCUT2D eigenvalue weighted by molar-refractivity contribution is 0.00624. The number of carbonyl (C=O) groups excluding carboxylic acids is 1. The third-order valence-corrected chi connectivity index (χ3v) is 7.01. The van der Waals surface area contributed by atoms with Gasteiger partial charge >= 0.3 is 6.09 Å². The average Bonchev–Trinajstić information content (AvgIpc) is 3.33. The summed E-state index contributed by atoms with van der Waals surface area (Å²) in [5, 5.41) is 0. The molecular formula is C28H34FN3O3. The van der Waals surface area contributed by atoms with Gasteiger partial charge in [0.15, 0.2) is 0 Å². The Balaban J connectivity index is 1.32. The summed E-state index contributed by atoms with van der Waals surface area (Å²) in [4.78, 5) is 21.5. The van der Waals surface area contributed by atoms with Gasteiger partial charge in [-0.05, 0) is 68.9 Å². The zero-order chi connectivity index (χ0) is 24.6. The fraction of sp³-hybridized carbons (Fsp3) is 0.500. The zero-order valence-electron chi connectivity index (χ0n) is 20.7. The topological polar surface area (TPSA) is 54.4 Å². The number of carbonyl (C=O) groups is 1. The first kappa shape index (κ1) is 23.6. The molecule has 186 valence electrons. The maximum Gasteiger partial charge on any atom is 0.410 e. The van der Waals surface area contributed by atoms with Gasteiger partial charge in [0.2, 0.25) is 0 Å². The van der Waals surface area contributed by atoms with Crippen LogP contribution >= 0.6 is 0 Å². The number of hydrogen-bond donors (Lipinski definition) is 0. The molecule has 3 heterocycles. The van der Waals surface area contributed by atoms with Crippen LogP contribution in [0, 0.1) is 11.7 Å². The molecule has 0 aliphatic carbocycles. The van der Waals surface area contributed by atoms with Crippen LogP contribution in [0.1, 0.15) is 56.3 Å². The third-order valence-electron chi connectivity index (χ3n) is 7.01. The van der Waals surface area contributed by atoms with Crippen LogP contribution in [0.4, 0.5) is 9.18 Å². The normalized spacial score (nSPS) is 24.5. The van der Waals surface area contributed by atoms with Gasteiger partial charge in [-0.1, -0.05) is 36.4 Å². The van der Waals surface area contributed by atoms with Gasteiger partial charge in [0.1, 0.15) is 17.5 Å². The van der Waals surface area contributed by atoms with Crippen molar-refractivity contribution < 1.29 is 18.7 Å². The van der Waals surface area contributed by atoms with E-state index < -0.39 is 5.60 Å². The van der Waals surface area contributed by atoms with Gasteiger partial charge in [-0.15, -0.1) is 0 Å². The van der Waals surface area contributed by atoms with E-state index in [0.29, 0.717) is 25.7 Å². The first-order valence-electron chi connectivity index (χ1n) is 12.6. The van der Waals surface area contributed by atoms with E-state index in [2.05, 4.69) is 23.1 Å². The number of hydrogen-bond acceptors (Lipinski definition) is 5. The van der Waals surface area contributed by atoms with Crippen molar-refractivity contribution >= 4 is 12.1 Å². The summed E-state index contributed by atoms with van der Waals surface area (Å²) in [6.07, 6.45) is 2.49. The van der Waals surface area contributed by atoms with Crippen molar-refractivity contribution in [1.29, 1.82) is 0 Å². The Morgan fingerprint density at radius 2 is 1.89 bits per heavy atom. The van der Waals surface area contributed by atoms with E-state index in [-0.39, 0.29) is 30.0 Å². The molecule has 0 radical (unpaired) electrons. The van der Waals surface area contributed by atoms with Crippen molar-refractivity contribution in [2.24, 2.45) is 10.9 Å². The molecule has 6 nitrogen and oxygen atoms in total. The minimum Gasteiger partial charge on any atom is -0.459 e. The molecule has 2 aromatic rings. The van der Waals surface area contributed by atoms with Gasteiger partial charge in [-0.25, -0.2) is 14.2 Å². The first-order valence-corrected chi connectivity index (χ1v) is 12.6. The Morgan fingerprint density at radius 3 is 2.66 bits per heavy atom. The van der Waals surface area contributed by atoms with Crippen LogP contribution in [-0.2, 0) is 15.9 Å². The lowest BCUT2D eigenvalue weighted by Gasteiger charge is -2.39. The van der Waals surface area contributed by atoms with Crippen molar-refractivity contribution in [1.82, 2.24) is 9.80 Å². The Bertz CT molecular complexity index is 1100. The Morgan fingerprint density at radius 1 is 1.11 bits per heavy atom. The van der Waals surface area contributed by atoms with Crippen LogP contribution in [-0.4, -0.2) is 59.8 Å². The molecule has 0 bridgehead atoms. The van der Waals surface area contributed by atoms with Crippen LogP contribution in [0.3, 0.4) is 0 Å². The number of amidine groups is 1. The molecule has 5 rings (SSSR count). The van der Waals surface area contributed by atoms with E-state index in [1.54, 1.807) is 4.90 Å². The first-order chi connectivity index (χ1) is 16.8. The third kappa shape index (κ3) is 5.14. The quantitative estimate of drug-likeness (QED) is 0.596. The summed E-state index contributed by atoms with van der Waals surface area (Å²) in [5.74, 6) is -0.0374. The summed E-state index contributed by atoms with van der Waals surface area (Å²) in [5.41, 5.74) is 3.01. The predicted molar refractivity (Wildman–Crippen MR) is 133 cm³/mol. The van der Waals surface area contributed by atoms with Crippen molar-refractivity contribution in [3.63, 3.8) is 0 Å². The fourth-order valence-corrected chi connectivity index (χ4v) is 5.36. The molecule has 7 heteroatoms. The number of nitrogens with zero attached hydrogens (tertiary/aromatic N) is 3. The van der Waals surface area contributed by atoms with Crippen LogP contribution in [0.25, 0.3) is 0 Å². The number of ether oxygens (including phenoxy) is 2. The Hall–Kier alpha value is -3.09. The molecule has 1 saturated heterocycles. The van der Waals surface area contributed by atoms with E-state index in [1.165, 1.54) is 23.3 Å². The Labute approximate surface area is 206 Å². The number of piperidine rings is 1. The van der Waals surface area contributed by atoms with Gasteiger partial charge in [-0.3, -0.25) is 0 Å². The molecule has 0 N–H and O–H groups in total. The maximum absolute atomic E-state index is 13.7. The van der Waals surface area contributed by atoms with Gasteiger partial charge in [0.25, 0.3) is 6.02 Å². The molecule has 35 heavy (non-hydrogen) atoms. The van der Waals surface area contributed by atoms with E-state index in [1.807, 2.05) is 39.0 Å². The standard InChI is InChI=1S/C28H34FN3O3/c1-28(2,3)35-27(33)31-15-6-8-21(18-31)24-17-30-26(34-24)32-16-14-19-7-4-5-9-23(19)25(32)20-10-12-22(29)13-11-20/h4-5,7,9-13,21,24-25H,6,8,14-18H2,1-3H3/t21?,24?,25-/m0/s1. The van der Waals surface area contributed by atoms with Gasteiger partial charge in [-0.2, -0.15) is 0 Å². The number of amides is 1. The summed E-state index contributed by atoms with van der Waals surface area (Å²) < 4.78 is 25.8. The van der Waals surface area contributed by atoms with Gasteiger partial charge in [0.05, 0.1) is 12.6 Å². The van der Waals surface area contributed by atoms with Crippen molar-refractivity contribution in [2.45, 2.75) is 57.8 Å². The molecule has 1 amide bonds. The second kappa shape index (κ2) is 9.51. The van der Waals surface area contributed by atoms with E-state index in [0.717, 1.165) is 31.4 Å². The molecular weight excluding hydrogens is 445 g/mol. The SMILES string of the molecule is CC(C)(C)OC(=O)N1CCCC(C2CN=C(N3CCc4ccccc4[C@@H]3c3ccc(F)cc3)O2)C1. The fourth-order valence-electron chi connectivity index (χ4n) is 5.36. The smallest absolute Gasteiger partial charge is 0.410 e. The molecule has 0 spiro atoms. The number of rotatable bonds is 2. The van der Waals surface area contributed by atoms with Gasteiger partial charge in [0, 0.05) is 25.6 Å². The molecule has 0 saturated carbocycles. The minimum atomic E-state index is -0.510. The molecule has 3 aliphatic heterocycles. The monoisotopic (exact) mass is 479 g/mol. The lowest BCUT2D eigenvalue weighted by atomic mass is 9.88. The molecule has 2 unspecified atom stereocenters. The zero-order valence-corrected chi connectivity index (χ0v) is 20.7. The number of halogens is 1. The van der Waals surface area contributed by atoms with Crippen LogP contribution in [0.2, 0.25) is 0 Å². The highest BCUT2D eigenvalue weighted by Crippen LogP contribution is 2.37. The summed E-state index contributed by atoms with van der Waals surface area (Å²) in [6, 6.07) is 15.7. The van der Waals surface area contributed by atoms with E-state index >= 15 is 0 Å². The second-order valence-corrected chi connectivity index (χ2v) is 10.7. The van der Waals surface area contributed by atoms with Crippen LogP contribution in [0.5, 0.6) is 0 Å². The highest BCUT2D eigenvalue weighted by molar-refractivity contribution is 5.77. The van der Waals surface area contributed by atoms with Crippen molar-refractivity contribution in [3.8, 4) is 0 Å². The number of aliphatic imine (C=N–C) groups is 1. The molecule has 0 aromatic heterocycles. The molecule has 3 aliphatic rings. The van der Waals surface area contributed by atoms with Gasteiger partial charge < -0.3 is 19.3 Å². The Kier molecular flexibility index (Phi) is 6.43. The number of fused-ring (bicyclic) bond motifs is 1. The average molecular weight is 480 g/mol. The molecule has 3 atom stereocenters. The summed E-state index contributed by atoms with van der Waals surface area (Å²) in [7, 11) is 0. The predicted octanol–water partition coefficient (Wildman–Crippen LogP) is 5.18. The van der Waals surface area contributed by atoms with Crippen molar-refractivity contribution in [3.05, 3.63) is 71.0 Å². The second-order valence-electron chi connectivity index (χ2n) is 10.7. The lowest BCUT2D eigenvalue weighted by Crippen LogP contribution is -2.47. The minimum absolute atomic E-state index is 0.0683. The summed E-state index contributed by atoms with van der Waals surface area (Å²) in [6.45, 7) is 8.35. The highest BCUT2D eigenvalue weighted by Gasteiger charge is 2.39. The molecule has 1 fully saturated rings. The van der Waals surface area contributed by atoms with Crippen LogP contribution < -0.4 is 0 Å².